The van der Waals surface area contributed by atoms with Crippen LogP contribution in [0, 0.1) is 15.9 Å². The van der Waals surface area contributed by atoms with E-state index in [-0.39, 0.29) is 23.8 Å². The lowest BCUT2D eigenvalue weighted by atomic mass is 10.2. The minimum atomic E-state index is -0.578. The number of carbonyl (C=O) groups excluding carboxylic acids is 1. The number of amides is 1. The van der Waals surface area contributed by atoms with E-state index in [1.54, 1.807) is 11.4 Å². The van der Waals surface area contributed by atoms with Gasteiger partial charge in [0.15, 0.2) is 0 Å². The molecule has 0 spiro atoms. The Morgan fingerprint density at radius 1 is 1.38 bits per heavy atom. The molecule has 2 N–H and O–H groups in total. The lowest BCUT2D eigenvalue weighted by Crippen LogP contribution is -2.08. The zero-order valence-corrected chi connectivity index (χ0v) is 11.9. The van der Waals surface area contributed by atoms with E-state index in [9.17, 15) is 19.3 Å². The summed E-state index contributed by atoms with van der Waals surface area (Å²) in [5.74, 6) is -0.761. The maximum absolute atomic E-state index is 13.2. The molecule has 0 aliphatic rings. The molecule has 2 aromatic rings. The fraction of sp³-hybridized carbons (Fsp3) is 0.154. The van der Waals surface area contributed by atoms with Crippen molar-refractivity contribution in [2.24, 2.45) is 0 Å². The van der Waals surface area contributed by atoms with Crippen LogP contribution >= 0.6 is 11.3 Å². The largest absolute Gasteiger partial charge is 0.374 e. The first-order valence-corrected chi connectivity index (χ1v) is 6.87. The van der Waals surface area contributed by atoms with Crippen molar-refractivity contribution in [3.8, 4) is 0 Å². The van der Waals surface area contributed by atoms with Gasteiger partial charge in [0.2, 0.25) is 5.91 Å². The Balaban J connectivity index is 2.17. The summed E-state index contributed by atoms with van der Waals surface area (Å²) in [6.45, 7) is 1.64. The van der Waals surface area contributed by atoms with Crippen LogP contribution in [0.2, 0.25) is 0 Å². The topological polar surface area (TPSA) is 84.3 Å². The molecule has 1 aromatic carbocycles. The van der Waals surface area contributed by atoms with Gasteiger partial charge in [-0.25, -0.2) is 4.39 Å². The maximum Gasteiger partial charge on any atom is 0.292 e. The Kier molecular flexibility index (Phi) is 4.49. The van der Waals surface area contributed by atoms with Crippen LogP contribution < -0.4 is 10.6 Å². The van der Waals surface area contributed by atoms with E-state index in [1.807, 2.05) is 0 Å². The first kappa shape index (κ1) is 14.9. The Morgan fingerprint density at radius 2 is 2.14 bits per heavy atom. The van der Waals surface area contributed by atoms with Crippen LogP contribution in [0.4, 0.5) is 21.5 Å². The van der Waals surface area contributed by atoms with Crippen molar-refractivity contribution in [3.05, 3.63) is 50.5 Å². The van der Waals surface area contributed by atoms with Crippen molar-refractivity contribution >= 4 is 34.3 Å². The van der Waals surface area contributed by atoms with Crippen LogP contribution in [0.15, 0.2) is 29.6 Å². The molecule has 0 radical (unpaired) electrons. The molecule has 0 fully saturated rings. The molecule has 0 aliphatic carbocycles. The highest BCUT2D eigenvalue weighted by molar-refractivity contribution is 7.10. The summed E-state index contributed by atoms with van der Waals surface area (Å²) in [5.41, 5.74) is 0.537. The van der Waals surface area contributed by atoms with Gasteiger partial charge in [0.05, 0.1) is 17.2 Å². The molecule has 0 unspecified atom stereocenters. The van der Waals surface area contributed by atoms with Gasteiger partial charge < -0.3 is 10.6 Å². The molecule has 6 nitrogen and oxygen atoms in total. The van der Waals surface area contributed by atoms with Gasteiger partial charge in [0, 0.05) is 23.9 Å². The van der Waals surface area contributed by atoms with E-state index in [1.165, 1.54) is 18.3 Å². The van der Waals surface area contributed by atoms with Crippen LogP contribution in [0.5, 0.6) is 0 Å². The number of hydrogen-bond acceptors (Lipinski definition) is 5. The van der Waals surface area contributed by atoms with E-state index >= 15 is 0 Å². The third-order valence-electron chi connectivity index (χ3n) is 2.65. The molecule has 8 heteroatoms. The quantitative estimate of drug-likeness (QED) is 0.655. The molecule has 1 amide bonds. The minimum absolute atomic E-state index is 0.0992. The fourth-order valence-electron chi connectivity index (χ4n) is 1.76. The van der Waals surface area contributed by atoms with Crippen LogP contribution in [-0.2, 0) is 11.3 Å². The normalized spacial score (nSPS) is 10.2. The van der Waals surface area contributed by atoms with E-state index in [4.69, 9.17) is 0 Å². The number of nitro groups is 1. The number of rotatable bonds is 5. The number of hydrogen-bond donors (Lipinski definition) is 2. The second-order valence-electron chi connectivity index (χ2n) is 4.21. The number of halogens is 1. The molecule has 0 atom stereocenters. The average Bonchev–Trinajstić information content (AvgIpc) is 2.82. The Morgan fingerprint density at radius 3 is 2.81 bits per heavy atom. The number of carbonyl (C=O) groups is 1. The summed E-state index contributed by atoms with van der Waals surface area (Å²) < 4.78 is 13.2. The highest BCUT2D eigenvalue weighted by Gasteiger charge is 2.15. The van der Waals surface area contributed by atoms with Crippen molar-refractivity contribution < 1.29 is 14.1 Å². The molecule has 1 aromatic heterocycles. The van der Waals surface area contributed by atoms with Crippen LogP contribution in [0.1, 0.15) is 11.8 Å². The number of nitro benzene ring substituents is 1. The molecule has 21 heavy (non-hydrogen) atoms. The van der Waals surface area contributed by atoms with Gasteiger partial charge >= 0.3 is 0 Å². The van der Waals surface area contributed by atoms with Crippen molar-refractivity contribution in [2.75, 3.05) is 10.6 Å². The Hall–Kier alpha value is -2.48. The van der Waals surface area contributed by atoms with Gasteiger partial charge in [-0.1, -0.05) is 0 Å². The lowest BCUT2D eigenvalue weighted by molar-refractivity contribution is -0.384. The third-order valence-corrected chi connectivity index (χ3v) is 3.57. The van der Waals surface area contributed by atoms with Crippen molar-refractivity contribution in [2.45, 2.75) is 13.5 Å². The van der Waals surface area contributed by atoms with Gasteiger partial charge in [0.25, 0.3) is 5.69 Å². The summed E-state index contributed by atoms with van der Waals surface area (Å²) in [7, 11) is 0. The average molecular weight is 309 g/mol. The van der Waals surface area contributed by atoms with Crippen LogP contribution in [0.25, 0.3) is 0 Å². The first-order valence-electron chi connectivity index (χ1n) is 5.99. The number of anilines is 2. The standard InChI is InChI=1S/C13H12FN3O3S/c1-8(18)16-10-4-5-21-13(10)7-15-11-6-9(14)2-3-12(11)17(19)20/h2-6,15H,7H2,1H3,(H,16,18). The maximum atomic E-state index is 13.2. The summed E-state index contributed by atoms with van der Waals surface area (Å²) in [6, 6.07) is 4.96. The first-order chi connectivity index (χ1) is 9.97. The number of benzene rings is 1. The van der Waals surface area contributed by atoms with Gasteiger partial charge in [-0.05, 0) is 17.5 Å². The van der Waals surface area contributed by atoms with Crippen molar-refractivity contribution in [1.82, 2.24) is 0 Å². The third kappa shape index (κ3) is 3.76. The second kappa shape index (κ2) is 6.31. The van der Waals surface area contributed by atoms with Gasteiger partial charge in [-0.3, -0.25) is 14.9 Å². The molecule has 0 saturated carbocycles. The van der Waals surface area contributed by atoms with E-state index in [2.05, 4.69) is 10.6 Å². The highest BCUT2D eigenvalue weighted by Crippen LogP contribution is 2.28. The SMILES string of the molecule is CC(=O)Nc1ccsc1CNc1cc(F)ccc1[N+](=O)[O-]. The zero-order valence-electron chi connectivity index (χ0n) is 11.1. The van der Waals surface area contributed by atoms with E-state index in [0.29, 0.717) is 5.69 Å². The van der Waals surface area contributed by atoms with Gasteiger partial charge in [0.1, 0.15) is 11.5 Å². The molecular formula is C13H12FN3O3S. The van der Waals surface area contributed by atoms with Crippen molar-refractivity contribution in [1.29, 1.82) is 0 Å². The van der Waals surface area contributed by atoms with Gasteiger partial charge in [-0.15, -0.1) is 11.3 Å². The number of nitrogens with zero attached hydrogens (tertiary/aromatic N) is 1. The smallest absolute Gasteiger partial charge is 0.292 e. The highest BCUT2D eigenvalue weighted by atomic mass is 32.1. The molecule has 0 bridgehead atoms. The van der Waals surface area contributed by atoms with Gasteiger partial charge in [-0.2, -0.15) is 0 Å². The monoisotopic (exact) mass is 309 g/mol. The van der Waals surface area contributed by atoms with Crippen molar-refractivity contribution in [3.63, 3.8) is 0 Å². The molecule has 0 aliphatic heterocycles. The summed E-state index contributed by atoms with van der Waals surface area (Å²) in [6.07, 6.45) is 0. The molecule has 2 rings (SSSR count). The molecular weight excluding hydrogens is 297 g/mol. The van der Waals surface area contributed by atoms with E-state index in [0.717, 1.165) is 23.1 Å². The molecule has 0 saturated heterocycles. The summed E-state index contributed by atoms with van der Waals surface area (Å²) in [4.78, 5) is 22.2. The zero-order chi connectivity index (χ0) is 15.4. The predicted octanol–water partition coefficient (Wildman–Crippen LogP) is 3.37. The Bertz CT molecular complexity index is 687. The minimum Gasteiger partial charge on any atom is -0.374 e. The fourth-order valence-corrected chi connectivity index (χ4v) is 2.53. The van der Waals surface area contributed by atoms with E-state index < -0.39 is 10.7 Å². The summed E-state index contributed by atoms with van der Waals surface area (Å²) >= 11 is 1.39. The predicted molar refractivity (Wildman–Crippen MR) is 79.0 cm³/mol. The summed E-state index contributed by atoms with van der Waals surface area (Å²) in [5, 5.41) is 18.2. The molecule has 1 heterocycles. The number of nitrogens with one attached hydrogen (secondary N) is 2. The molecule has 110 valence electrons. The van der Waals surface area contributed by atoms with Crippen LogP contribution in [0.3, 0.4) is 0 Å². The lowest BCUT2D eigenvalue weighted by Gasteiger charge is -2.08. The second-order valence-corrected chi connectivity index (χ2v) is 5.21. The number of thiophene rings is 1. The Labute approximate surface area is 123 Å². The van der Waals surface area contributed by atoms with Crippen LogP contribution in [-0.4, -0.2) is 10.8 Å².